The number of aliphatic hydroxyl groups excluding tert-OH is 1. The monoisotopic (exact) mass is 279 g/mol. The summed E-state index contributed by atoms with van der Waals surface area (Å²) in [4.78, 5) is 2.08. The molecule has 0 aromatic rings. The molecule has 1 heterocycles. The van der Waals surface area contributed by atoms with Gasteiger partial charge in [-0.1, -0.05) is 20.3 Å². The zero-order valence-electron chi connectivity index (χ0n) is 11.7. The van der Waals surface area contributed by atoms with Crippen molar-refractivity contribution in [2.75, 3.05) is 13.1 Å². The quantitative estimate of drug-likeness (QED) is 0.797. The van der Waals surface area contributed by atoms with Crippen LogP contribution in [0, 0.1) is 11.3 Å². The van der Waals surface area contributed by atoms with E-state index in [9.17, 15) is 18.3 Å². The molecule has 2 rings (SSSR count). The Morgan fingerprint density at radius 2 is 1.68 bits per heavy atom. The predicted molar refractivity (Wildman–Crippen MR) is 67.8 cm³/mol. The van der Waals surface area contributed by atoms with E-state index in [1.807, 2.05) is 13.8 Å². The summed E-state index contributed by atoms with van der Waals surface area (Å²) in [6.45, 7) is 5.02. The normalized spacial score (nSPS) is 34.4. The van der Waals surface area contributed by atoms with E-state index in [1.165, 1.54) is 0 Å². The third-order valence-electron chi connectivity index (χ3n) is 4.95. The van der Waals surface area contributed by atoms with E-state index in [2.05, 4.69) is 4.90 Å². The lowest BCUT2D eigenvalue weighted by atomic mass is 9.71. The van der Waals surface area contributed by atoms with Crippen LogP contribution in [0.3, 0.4) is 0 Å². The van der Waals surface area contributed by atoms with E-state index in [4.69, 9.17) is 0 Å². The van der Waals surface area contributed by atoms with Gasteiger partial charge in [0.2, 0.25) is 0 Å². The van der Waals surface area contributed by atoms with E-state index in [-0.39, 0.29) is 24.3 Å². The molecule has 0 bridgehead atoms. The number of halogens is 3. The van der Waals surface area contributed by atoms with Gasteiger partial charge in [0, 0.05) is 6.04 Å². The third kappa shape index (κ3) is 3.24. The molecule has 0 amide bonds. The highest BCUT2D eigenvalue weighted by molar-refractivity contribution is 4.94. The number of nitrogens with zero attached hydrogens (tertiary/aromatic N) is 1. The zero-order chi connectivity index (χ0) is 14.3. The molecule has 2 nitrogen and oxygen atoms in total. The summed E-state index contributed by atoms with van der Waals surface area (Å²) in [6, 6.07) is 0.0398. The van der Waals surface area contributed by atoms with Gasteiger partial charge in [-0.3, -0.25) is 4.90 Å². The van der Waals surface area contributed by atoms with Gasteiger partial charge in [0.05, 0.1) is 12.0 Å². The molecule has 0 spiro atoms. The van der Waals surface area contributed by atoms with Crippen LogP contribution in [0.15, 0.2) is 0 Å². The van der Waals surface area contributed by atoms with Crippen molar-refractivity contribution in [1.29, 1.82) is 0 Å². The van der Waals surface area contributed by atoms with Gasteiger partial charge in [0.1, 0.15) is 0 Å². The lowest BCUT2D eigenvalue weighted by Crippen LogP contribution is -2.55. The van der Waals surface area contributed by atoms with E-state index in [0.717, 1.165) is 19.3 Å². The lowest BCUT2D eigenvalue weighted by molar-refractivity contribution is -0.188. The Kier molecular flexibility index (Phi) is 4.17. The van der Waals surface area contributed by atoms with Gasteiger partial charge in [0.15, 0.2) is 0 Å². The fourth-order valence-electron chi connectivity index (χ4n) is 3.53. The number of piperidine rings is 1. The van der Waals surface area contributed by atoms with Crippen molar-refractivity contribution in [3.05, 3.63) is 0 Å². The first-order valence-corrected chi connectivity index (χ1v) is 7.20. The summed E-state index contributed by atoms with van der Waals surface area (Å²) in [5, 5.41) is 10.4. The second-order valence-electron chi connectivity index (χ2n) is 6.74. The van der Waals surface area contributed by atoms with Crippen LogP contribution in [0.1, 0.15) is 46.0 Å². The molecule has 19 heavy (non-hydrogen) atoms. The molecular weight excluding hydrogens is 255 g/mol. The summed E-state index contributed by atoms with van der Waals surface area (Å²) in [5.41, 5.74) is -0.121. The Bertz CT molecular complexity index is 308. The molecular formula is C14H24F3NO. The third-order valence-corrected chi connectivity index (χ3v) is 4.95. The molecule has 1 aliphatic carbocycles. The fourth-order valence-corrected chi connectivity index (χ4v) is 3.53. The fraction of sp³-hybridized carbons (Fsp3) is 1.00. The smallest absolute Gasteiger partial charge is 0.391 e. The number of hydrogen-bond donors (Lipinski definition) is 1. The van der Waals surface area contributed by atoms with E-state index in [1.54, 1.807) is 0 Å². The highest BCUT2D eigenvalue weighted by atomic mass is 19.4. The minimum atomic E-state index is -4.06. The van der Waals surface area contributed by atoms with E-state index >= 15 is 0 Å². The van der Waals surface area contributed by atoms with Crippen molar-refractivity contribution in [3.63, 3.8) is 0 Å². The average molecular weight is 279 g/mol. The number of aliphatic hydroxyl groups is 1. The van der Waals surface area contributed by atoms with Gasteiger partial charge in [0.25, 0.3) is 0 Å². The van der Waals surface area contributed by atoms with E-state index < -0.39 is 18.2 Å². The summed E-state index contributed by atoms with van der Waals surface area (Å²) >= 11 is 0. The van der Waals surface area contributed by atoms with Gasteiger partial charge in [-0.05, 0) is 44.2 Å². The Hall–Kier alpha value is -0.290. The van der Waals surface area contributed by atoms with Gasteiger partial charge in [-0.2, -0.15) is 13.2 Å². The summed E-state index contributed by atoms with van der Waals surface area (Å²) in [6.07, 6.45) is -1.20. The maximum atomic E-state index is 12.6. The Labute approximate surface area is 113 Å². The number of likely N-dealkylation sites (tertiary alicyclic amines) is 1. The summed E-state index contributed by atoms with van der Waals surface area (Å²) in [7, 11) is 0. The van der Waals surface area contributed by atoms with Crippen LogP contribution in [-0.4, -0.2) is 41.4 Å². The summed E-state index contributed by atoms with van der Waals surface area (Å²) < 4.78 is 37.9. The molecule has 1 saturated carbocycles. The van der Waals surface area contributed by atoms with E-state index in [0.29, 0.717) is 13.1 Å². The molecule has 0 radical (unpaired) electrons. The van der Waals surface area contributed by atoms with Gasteiger partial charge in [-0.25, -0.2) is 0 Å². The number of alkyl halides is 3. The van der Waals surface area contributed by atoms with Crippen molar-refractivity contribution >= 4 is 0 Å². The van der Waals surface area contributed by atoms with Crippen LogP contribution < -0.4 is 0 Å². The topological polar surface area (TPSA) is 23.5 Å². The summed E-state index contributed by atoms with van der Waals surface area (Å²) in [5.74, 6) is -1.16. The molecule has 1 aliphatic heterocycles. The molecule has 5 heteroatoms. The highest BCUT2D eigenvalue weighted by Crippen LogP contribution is 2.40. The molecule has 0 aromatic carbocycles. The van der Waals surface area contributed by atoms with Crippen molar-refractivity contribution < 1.29 is 18.3 Å². The minimum Gasteiger partial charge on any atom is -0.391 e. The molecule has 2 fully saturated rings. The van der Waals surface area contributed by atoms with Crippen molar-refractivity contribution in [3.8, 4) is 0 Å². The predicted octanol–water partition coefficient (Wildman–Crippen LogP) is 3.20. The van der Waals surface area contributed by atoms with Gasteiger partial charge < -0.3 is 5.11 Å². The van der Waals surface area contributed by atoms with Crippen molar-refractivity contribution in [1.82, 2.24) is 4.90 Å². The second-order valence-corrected chi connectivity index (χ2v) is 6.74. The van der Waals surface area contributed by atoms with Crippen LogP contribution >= 0.6 is 0 Å². The molecule has 1 saturated heterocycles. The van der Waals surface area contributed by atoms with Gasteiger partial charge >= 0.3 is 6.18 Å². The maximum Gasteiger partial charge on any atom is 0.391 e. The lowest BCUT2D eigenvalue weighted by Gasteiger charge is -2.47. The first-order chi connectivity index (χ1) is 8.72. The molecule has 0 aromatic heterocycles. The molecule has 2 unspecified atom stereocenters. The van der Waals surface area contributed by atoms with Crippen LogP contribution in [0.25, 0.3) is 0 Å². The zero-order valence-corrected chi connectivity index (χ0v) is 11.7. The average Bonchev–Trinajstić information content (AvgIpc) is 2.32. The largest absolute Gasteiger partial charge is 0.391 e. The number of rotatable bonds is 1. The highest BCUT2D eigenvalue weighted by Gasteiger charge is 2.45. The van der Waals surface area contributed by atoms with Crippen molar-refractivity contribution in [2.24, 2.45) is 11.3 Å². The van der Waals surface area contributed by atoms with Crippen molar-refractivity contribution in [2.45, 2.75) is 64.3 Å². The Morgan fingerprint density at radius 1 is 1.11 bits per heavy atom. The molecule has 1 N–H and O–H groups in total. The van der Waals surface area contributed by atoms with Crippen LogP contribution in [-0.2, 0) is 0 Å². The van der Waals surface area contributed by atoms with Crippen LogP contribution in [0.2, 0.25) is 0 Å². The van der Waals surface area contributed by atoms with Gasteiger partial charge in [-0.15, -0.1) is 0 Å². The maximum absolute atomic E-state index is 12.6. The first-order valence-electron chi connectivity index (χ1n) is 7.20. The second kappa shape index (κ2) is 5.24. The Morgan fingerprint density at radius 3 is 2.21 bits per heavy atom. The SMILES string of the molecule is CC1(C)CCCC(N2CCC(C(F)(F)F)CC2)C1O. The number of hydrogen-bond acceptors (Lipinski definition) is 2. The Balaban J connectivity index is 1.94. The molecule has 2 aliphatic rings. The standard InChI is InChI=1S/C14H24F3NO/c1-13(2)7-3-4-11(12(13)19)18-8-5-10(6-9-18)14(15,16)17/h10-12,19H,3-9H2,1-2H3. The van der Waals surface area contributed by atoms with Crippen LogP contribution in [0.5, 0.6) is 0 Å². The molecule has 112 valence electrons. The minimum absolute atomic E-state index is 0.0398. The first kappa shape index (κ1) is 15.1. The molecule has 2 atom stereocenters. The van der Waals surface area contributed by atoms with Crippen LogP contribution in [0.4, 0.5) is 13.2 Å².